The molecule has 2 unspecified atom stereocenters. The first-order valence-electron chi connectivity index (χ1n) is 35.6. The first kappa shape index (κ1) is 85.1. The number of carbonyl (C=O) groups excluding carboxylic acids is 4. The van der Waals surface area contributed by atoms with Crippen LogP contribution in [0.25, 0.3) is 0 Å². The number of phosphoric ester groups is 2. The van der Waals surface area contributed by atoms with Crippen LogP contribution in [0.15, 0.2) is 0 Å². The summed E-state index contributed by atoms with van der Waals surface area (Å²) in [5.41, 5.74) is 0. The van der Waals surface area contributed by atoms with Gasteiger partial charge in [-0.25, -0.2) is 9.13 Å². The lowest BCUT2D eigenvalue weighted by Gasteiger charge is -2.21. The summed E-state index contributed by atoms with van der Waals surface area (Å²) in [6.45, 7) is 7.22. The van der Waals surface area contributed by atoms with Gasteiger partial charge in [0.15, 0.2) is 12.2 Å². The molecule has 0 saturated heterocycles. The van der Waals surface area contributed by atoms with E-state index in [1.165, 1.54) is 167 Å². The van der Waals surface area contributed by atoms with Crippen molar-refractivity contribution in [2.24, 2.45) is 5.92 Å². The van der Waals surface area contributed by atoms with Crippen LogP contribution >= 0.6 is 15.6 Å². The van der Waals surface area contributed by atoms with Gasteiger partial charge in [-0.1, -0.05) is 298 Å². The average Bonchev–Trinajstić information content (AvgIpc) is 3.62. The predicted molar refractivity (Wildman–Crippen MR) is 349 cm³/mol. The minimum absolute atomic E-state index is 0.106. The molecule has 3 N–H and O–H groups in total. The summed E-state index contributed by atoms with van der Waals surface area (Å²) in [6.07, 6.45) is 47.2. The maximum absolute atomic E-state index is 13.0. The fraction of sp³-hybridized carbons (Fsp3) is 0.941. The highest BCUT2D eigenvalue weighted by atomic mass is 31.2. The Balaban J connectivity index is 5.16. The van der Waals surface area contributed by atoms with Gasteiger partial charge in [-0.05, 0) is 31.6 Å². The zero-order valence-electron chi connectivity index (χ0n) is 56.2. The van der Waals surface area contributed by atoms with Crippen molar-refractivity contribution in [1.82, 2.24) is 0 Å². The summed E-state index contributed by atoms with van der Waals surface area (Å²) >= 11 is 0. The van der Waals surface area contributed by atoms with Crippen LogP contribution in [0.5, 0.6) is 0 Å². The van der Waals surface area contributed by atoms with Gasteiger partial charge in [-0.15, -0.1) is 0 Å². The Hall–Kier alpha value is -1.94. The zero-order valence-corrected chi connectivity index (χ0v) is 57.9. The van der Waals surface area contributed by atoms with Gasteiger partial charge in [0, 0.05) is 25.7 Å². The van der Waals surface area contributed by atoms with Crippen LogP contribution in [0.2, 0.25) is 0 Å². The van der Waals surface area contributed by atoms with Gasteiger partial charge in [0.2, 0.25) is 0 Å². The number of hydrogen-bond donors (Lipinski definition) is 3. The number of rotatable bonds is 68. The highest BCUT2D eigenvalue weighted by Crippen LogP contribution is 2.45. The summed E-state index contributed by atoms with van der Waals surface area (Å²) in [5, 5.41) is 10.5. The van der Waals surface area contributed by atoms with Crippen LogP contribution in [0.1, 0.15) is 349 Å². The highest BCUT2D eigenvalue weighted by Gasteiger charge is 2.30. The fourth-order valence-corrected chi connectivity index (χ4v) is 11.9. The van der Waals surface area contributed by atoms with Crippen molar-refractivity contribution in [2.75, 3.05) is 39.6 Å². The van der Waals surface area contributed by atoms with Gasteiger partial charge in [0.25, 0.3) is 0 Å². The first-order chi connectivity index (χ1) is 42.0. The molecule has 19 heteroatoms. The molecule has 17 nitrogen and oxygen atoms in total. The largest absolute Gasteiger partial charge is 0.472 e. The van der Waals surface area contributed by atoms with E-state index in [4.69, 9.17) is 37.0 Å². The SMILES string of the molecule is CCCCCCCCCCCCC(=O)OC[C@H](COP(=O)(O)OC[C@@H](O)COP(=O)(O)OC[C@@H](COC(=O)CCCCCCCCCC)OC(=O)CCCCCCCCCCCC)OC(=O)CCCCCCCCCCCCCCCCCCC(C)C. The molecule has 516 valence electrons. The lowest BCUT2D eigenvalue weighted by Crippen LogP contribution is -2.30. The second-order valence-corrected chi connectivity index (χ2v) is 27.9. The summed E-state index contributed by atoms with van der Waals surface area (Å²) in [7, 11) is -9.89. The van der Waals surface area contributed by atoms with Crippen LogP contribution < -0.4 is 0 Å². The van der Waals surface area contributed by atoms with Crippen LogP contribution in [-0.4, -0.2) is 96.7 Å². The van der Waals surface area contributed by atoms with Crippen LogP contribution in [0.3, 0.4) is 0 Å². The summed E-state index contributed by atoms with van der Waals surface area (Å²) < 4.78 is 68.1. The quantitative estimate of drug-likeness (QED) is 0.0222. The van der Waals surface area contributed by atoms with E-state index in [1.54, 1.807) is 0 Å². The van der Waals surface area contributed by atoms with Crippen molar-refractivity contribution in [3.05, 3.63) is 0 Å². The Morgan fingerprint density at radius 2 is 0.529 bits per heavy atom. The molecule has 0 aromatic carbocycles. The Morgan fingerprint density at radius 1 is 0.310 bits per heavy atom. The number of phosphoric acid groups is 2. The fourth-order valence-electron chi connectivity index (χ4n) is 10.3. The van der Waals surface area contributed by atoms with Gasteiger partial charge in [0.1, 0.15) is 19.3 Å². The molecule has 87 heavy (non-hydrogen) atoms. The molecule has 0 rings (SSSR count). The molecule has 5 atom stereocenters. The van der Waals surface area contributed by atoms with E-state index >= 15 is 0 Å². The number of aliphatic hydroxyl groups excluding tert-OH is 1. The number of ether oxygens (including phenoxy) is 4. The second-order valence-electron chi connectivity index (χ2n) is 25.0. The van der Waals surface area contributed by atoms with E-state index in [0.29, 0.717) is 25.7 Å². The molecule has 0 saturated carbocycles. The maximum atomic E-state index is 13.0. The molecule has 0 radical (unpaired) electrons. The first-order valence-corrected chi connectivity index (χ1v) is 38.6. The Morgan fingerprint density at radius 3 is 0.782 bits per heavy atom. The molecule has 0 fully saturated rings. The molecule has 0 amide bonds. The Labute approximate surface area is 530 Å². The van der Waals surface area contributed by atoms with E-state index < -0.39 is 97.5 Å². The van der Waals surface area contributed by atoms with Gasteiger partial charge < -0.3 is 33.8 Å². The molecular weight excluding hydrogens is 1150 g/mol. The number of unbranched alkanes of at least 4 members (excludes halogenated alkanes) is 40. The van der Waals surface area contributed by atoms with Crippen molar-refractivity contribution < 1.29 is 80.2 Å². The normalized spacial score (nSPS) is 14.1. The third-order valence-electron chi connectivity index (χ3n) is 15.8. The molecule has 0 heterocycles. The molecule has 0 spiro atoms. The number of hydrogen-bond acceptors (Lipinski definition) is 15. The van der Waals surface area contributed by atoms with Crippen LogP contribution in [-0.2, 0) is 65.4 Å². The van der Waals surface area contributed by atoms with E-state index in [1.807, 2.05) is 0 Å². The molecule has 0 aliphatic carbocycles. The molecule has 0 aromatic rings. The van der Waals surface area contributed by atoms with Gasteiger partial charge in [-0.3, -0.25) is 37.3 Å². The van der Waals surface area contributed by atoms with E-state index in [9.17, 15) is 43.2 Å². The summed E-state index contributed by atoms with van der Waals surface area (Å²) in [6, 6.07) is 0. The van der Waals surface area contributed by atoms with Gasteiger partial charge >= 0.3 is 39.5 Å². The van der Waals surface area contributed by atoms with Crippen molar-refractivity contribution in [3.63, 3.8) is 0 Å². The summed E-state index contributed by atoms with van der Waals surface area (Å²) in [4.78, 5) is 72.3. The third kappa shape index (κ3) is 62.6. The highest BCUT2D eigenvalue weighted by molar-refractivity contribution is 7.47. The topological polar surface area (TPSA) is 237 Å². The molecular formula is C68H132O17P2. The van der Waals surface area contributed by atoms with Crippen molar-refractivity contribution in [3.8, 4) is 0 Å². The maximum Gasteiger partial charge on any atom is 0.472 e. The van der Waals surface area contributed by atoms with Crippen molar-refractivity contribution >= 4 is 39.5 Å². The smallest absolute Gasteiger partial charge is 0.462 e. The zero-order chi connectivity index (χ0) is 64.2. The van der Waals surface area contributed by atoms with E-state index in [-0.39, 0.29) is 25.7 Å². The lowest BCUT2D eigenvalue weighted by atomic mass is 10.0. The van der Waals surface area contributed by atoms with Gasteiger partial charge in [-0.2, -0.15) is 0 Å². The lowest BCUT2D eigenvalue weighted by molar-refractivity contribution is -0.161. The van der Waals surface area contributed by atoms with Crippen LogP contribution in [0, 0.1) is 5.92 Å². The molecule has 0 aromatic heterocycles. The molecule has 0 aliphatic heterocycles. The molecule has 0 aliphatic rings. The van der Waals surface area contributed by atoms with Crippen molar-refractivity contribution in [2.45, 2.75) is 368 Å². The number of esters is 4. The molecule has 0 bridgehead atoms. The Kier molecular flexibility index (Phi) is 60.2. The number of aliphatic hydroxyl groups is 1. The monoisotopic (exact) mass is 1280 g/mol. The number of carbonyl (C=O) groups is 4. The third-order valence-corrected chi connectivity index (χ3v) is 17.7. The minimum atomic E-state index is -4.95. The van der Waals surface area contributed by atoms with Crippen LogP contribution in [0.4, 0.5) is 0 Å². The minimum Gasteiger partial charge on any atom is -0.462 e. The standard InChI is InChI=1S/C68H132O17P2/c1-6-9-12-15-18-21-32-37-42-47-52-66(71)79-58-64(85-68(73)54-49-44-39-34-30-28-26-24-23-25-27-29-31-35-40-45-50-61(4)5)60-83-87(76,77)81-56-62(69)55-80-86(74,75)82-59-63(57-78-65(70)51-46-41-36-20-17-14-11-8-3)84-67(72)53-48-43-38-33-22-19-16-13-10-7-2/h61-64,69H,6-60H2,1-5H3,(H,74,75)(H,76,77)/t62-,63+,64+/m0/s1. The van der Waals surface area contributed by atoms with E-state index in [2.05, 4.69) is 34.6 Å². The van der Waals surface area contributed by atoms with Crippen molar-refractivity contribution in [1.29, 1.82) is 0 Å². The van der Waals surface area contributed by atoms with E-state index in [0.717, 1.165) is 102 Å². The average molecular weight is 1280 g/mol. The predicted octanol–water partition coefficient (Wildman–Crippen LogP) is 19.4. The summed E-state index contributed by atoms with van der Waals surface area (Å²) in [5.74, 6) is -1.32. The second kappa shape index (κ2) is 61.6. The Bertz CT molecular complexity index is 1690. The van der Waals surface area contributed by atoms with Gasteiger partial charge in [0.05, 0.1) is 26.4 Å².